The van der Waals surface area contributed by atoms with Gasteiger partial charge in [0.25, 0.3) is 0 Å². The van der Waals surface area contributed by atoms with Crippen LogP contribution in [0.4, 0.5) is 24.9 Å². The van der Waals surface area contributed by atoms with E-state index >= 15 is 0 Å². The molecular formula is C10H6Cl2F3N3O. The van der Waals surface area contributed by atoms with Gasteiger partial charge in [0.05, 0.1) is 5.56 Å². The van der Waals surface area contributed by atoms with Crippen LogP contribution in [0.25, 0.3) is 0 Å². The monoisotopic (exact) mass is 311 g/mol. The van der Waals surface area contributed by atoms with E-state index in [0.29, 0.717) is 0 Å². The van der Waals surface area contributed by atoms with E-state index in [9.17, 15) is 13.2 Å². The molecule has 0 saturated carbocycles. The molecule has 102 valence electrons. The maximum absolute atomic E-state index is 12.6. The number of nitrogens with zero attached hydrogens (tertiary/aromatic N) is 2. The first kappa shape index (κ1) is 14.0. The van der Waals surface area contributed by atoms with Crippen LogP contribution in [0, 0.1) is 0 Å². The Morgan fingerprint density at radius 2 is 1.95 bits per heavy atom. The van der Waals surface area contributed by atoms with Crippen molar-refractivity contribution in [2.24, 2.45) is 0 Å². The van der Waals surface area contributed by atoms with Crippen molar-refractivity contribution < 1.29 is 17.6 Å². The maximum atomic E-state index is 12.6. The summed E-state index contributed by atoms with van der Waals surface area (Å²) in [6.45, 7) is 0. The first-order chi connectivity index (χ1) is 8.88. The zero-order valence-electron chi connectivity index (χ0n) is 9.13. The van der Waals surface area contributed by atoms with Crippen LogP contribution in [0.3, 0.4) is 0 Å². The number of rotatable bonds is 3. The second kappa shape index (κ2) is 5.26. The van der Waals surface area contributed by atoms with E-state index in [4.69, 9.17) is 27.6 Å². The van der Waals surface area contributed by atoms with E-state index in [-0.39, 0.29) is 28.5 Å². The summed E-state index contributed by atoms with van der Waals surface area (Å²) in [7, 11) is 0. The Kier molecular flexibility index (Phi) is 3.86. The summed E-state index contributed by atoms with van der Waals surface area (Å²) in [6.07, 6.45) is -4.49. The highest BCUT2D eigenvalue weighted by Crippen LogP contribution is 2.33. The predicted molar refractivity (Wildman–Crippen MR) is 63.6 cm³/mol. The van der Waals surface area contributed by atoms with Crippen LogP contribution in [0.1, 0.15) is 11.5 Å². The van der Waals surface area contributed by atoms with Gasteiger partial charge < -0.3 is 9.73 Å². The topological polar surface area (TPSA) is 51.0 Å². The van der Waals surface area contributed by atoms with E-state index in [1.807, 2.05) is 0 Å². The lowest BCUT2D eigenvalue weighted by Crippen LogP contribution is -2.05. The van der Waals surface area contributed by atoms with E-state index in [1.165, 1.54) is 6.07 Å². The lowest BCUT2D eigenvalue weighted by molar-refractivity contribution is -0.137. The van der Waals surface area contributed by atoms with Gasteiger partial charge in [-0.25, -0.2) is 0 Å². The molecule has 9 heteroatoms. The van der Waals surface area contributed by atoms with Crippen molar-refractivity contribution in [1.29, 1.82) is 0 Å². The van der Waals surface area contributed by atoms with Crippen LogP contribution in [-0.4, -0.2) is 10.2 Å². The number of halogens is 5. The van der Waals surface area contributed by atoms with Crippen molar-refractivity contribution in [3.8, 4) is 0 Å². The van der Waals surface area contributed by atoms with Crippen molar-refractivity contribution in [3.63, 3.8) is 0 Å². The van der Waals surface area contributed by atoms with Crippen molar-refractivity contribution in [1.82, 2.24) is 10.2 Å². The molecule has 0 bridgehead atoms. The minimum absolute atomic E-state index is 0.0119. The molecule has 2 rings (SSSR count). The van der Waals surface area contributed by atoms with Crippen LogP contribution < -0.4 is 5.32 Å². The molecule has 1 aromatic carbocycles. The van der Waals surface area contributed by atoms with Gasteiger partial charge in [-0.1, -0.05) is 16.7 Å². The molecule has 4 nitrogen and oxygen atoms in total. The molecular weight excluding hydrogens is 306 g/mol. The Hall–Kier alpha value is -1.47. The van der Waals surface area contributed by atoms with E-state index in [0.717, 1.165) is 12.1 Å². The highest BCUT2D eigenvalue weighted by Gasteiger charge is 2.31. The highest BCUT2D eigenvalue weighted by molar-refractivity contribution is 6.31. The lowest BCUT2D eigenvalue weighted by Gasteiger charge is -2.09. The molecule has 1 heterocycles. The van der Waals surface area contributed by atoms with E-state index < -0.39 is 11.7 Å². The fourth-order valence-corrected chi connectivity index (χ4v) is 1.65. The highest BCUT2D eigenvalue weighted by atomic mass is 35.5. The lowest BCUT2D eigenvalue weighted by atomic mass is 10.2. The van der Waals surface area contributed by atoms with Crippen LogP contribution in [0.2, 0.25) is 5.02 Å². The predicted octanol–water partition coefficient (Wildman–Crippen LogP) is 4.22. The molecule has 1 aromatic heterocycles. The number of hydrogen-bond acceptors (Lipinski definition) is 4. The van der Waals surface area contributed by atoms with Gasteiger partial charge in [-0.15, -0.1) is 16.7 Å². The first-order valence-electron chi connectivity index (χ1n) is 4.91. The van der Waals surface area contributed by atoms with Gasteiger partial charge in [-0.3, -0.25) is 0 Å². The molecule has 0 amide bonds. The first-order valence-corrected chi connectivity index (χ1v) is 5.83. The fraction of sp³-hybridized carbons (Fsp3) is 0.200. The molecule has 1 N–H and O–H groups in total. The summed E-state index contributed by atoms with van der Waals surface area (Å²) in [5, 5.41) is 9.59. The third kappa shape index (κ3) is 3.51. The molecule has 0 aliphatic carbocycles. The average molecular weight is 312 g/mol. The van der Waals surface area contributed by atoms with Crippen molar-refractivity contribution in [2.45, 2.75) is 12.1 Å². The molecule has 0 atom stereocenters. The standard InChI is InChI=1S/C10H6Cl2F3N3O/c11-4-8-17-18-9(19-8)16-7-2-5(10(13,14)15)1-6(12)3-7/h1-3H,4H2,(H,16,18). The molecule has 0 fully saturated rings. The molecule has 0 saturated heterocycles. The summed E-state index contributed by atoms with van der Waals surface area (Å²) in [4.78, 5) is 0. The minimum Gasteiger partial charge on any atom is -0.407 e. The number of anilines is 2. The minimum atomic E-state index is -4.49. The average Bonchev–Trinajstić information content (AvgIpc) is 2.75. The Labute approximate surface area is 115 Å². The Balaban J connectivity index is 2.27. The van der Waals surface area contributed by atoms with E-state index in [1.54, 1.807) is 0 Å². The number of alkyl halides is 4. The van der Waals surface area contributed by atoms with Crippen LogP contribution >= 0.6 is 23.2 Å². The molecule has 0 aliphatic rings. The van der Waals surface area contributed by atoms with Gasteiger partial charge in [-0.2, -0.15) is 13.2 Å². The van der Waals surface area contributed by atoms with Crippen LogP contribution in [-0.2, 0) is 12.1 Å². The van der Waals surface area contributed by atoms with E-state index in [2.05, 4.69) is 15.5 Å². The molecule has 19 heavy (non-hydrogen) atoms. The van der Waals surface area contributed by atoms with Crippen LogP contribution in [0.15, 0.2) is 22.6 Å². The summed E-state index contributed by atoms with van der Waals surface area (Å²) in [6, 6.07) is 2.95. The van der Waals surface area contributed by atoms with Crippen molar-refractivity contribution >= 4 is 34.9 Å². The number of aromatic nitrogens is 2. The van der Waals surface area contributed by atoms with Gasteiger partial charge in [0.15, 0.2) is 0 Å². The Morgan fingerprint density at radius 1 is 1.21 bits per heavy atom. The van der Waals surface area contributed by atoms with Gasteiger partial charge in [0, 0.05) is 10.7 Å². The third-order valence-corrected chi connectivity index (χ3v) is 2.50. The number of hydrogen-bond donors (Lipinski definition) is 1. The molecule has 0 unspecified atom stereocenters. The quantitative estimate of drug-likeness (QED) is 0.862. The van der Waals surface area contributed by atoms with Crippen molar-refractivity contribution in [2.75, 3.05) is 5.32 Å². The second-order valence-electron chi connectivity index (χ2n) is 3.49. The zero-order valence-corrected chi connectivity index (χ0v) is 10.6. The molecule has 2 aromatic rings. The normalized spacial score (nSPS) is 11.6. The van der Waals surface area contributed by atoms with Crippen molar-refractivity contribution in [3.05, 3.63) is 34.7 Å². The summed E-state index contributed by atoms with van der Waals surface area (Å²) in [5.74, 6) is 0.167. The summed E-state index contributed by atoms with van der Waals surface area (Å²) < 4.78 is 42.8. The summed E-state index contributed by atoms with van der Waals surface area (Å²) in [5.41, 5.74) is -0.788. The van der Waals surface area contributed by atoms with Crippen LogP contribution in [0.5, 0.6) is 0 Å². The van der Waals surface area contributed by atoms with Gasteiger partial charge >= 0.3 is 12.2 Å². The maximum Gasteiger partial charge on any atom is 0.416 e. The third-order valence-electron chi connectivity index (χ3n) is 2.06. The molecule has 0 aliphatic heterocycles. The molecule has 0 radical (unpaired) electrons. The Morgan fingerprint density at radius 3 is 2.53 bits per heavy atom. The number of benzene rings is 1. The zero-order chi connectivity index (χ0) is 14.0. The number of nitrogens with one attached hydrogen (secondary N) is 1. The van der Waals surface area contributed by atoms with Gasteiger partial charge in [0.1, 0.15) is 5.88 Å². The smallest absolute Gasteiger partial charge is 0.407 e. The SMILES string of the molecule is FC(F)(F)c1cc(Cl)cc(Nc2nnc(CCl)o2)c1. The fourth-order valence-electron chi connectivity index (χ4n) is 1.31. The summed E-state index contributed by atoms with van der Waals surface area (Å²) >= 11 is 11.1. The van der Waals surface area contributed by atoms with Gasteiger partial charge in [0.2, 0.25) is 5.89 Å². The Bertz CT molecular complexity index is 586. The van der Waals surface area contributed by atoms with Gasteiger partial charge in [-0.05, 0) is 18.2 Å². The largest absolute Gasteiger partial charge is 0.416 e. The molecule has 0 spiro atoms. The second-order valence-corrected chi connectivity index (χ2v) is 4.19.